The van der Waals surface area contributed by atoms with E-state index in [0.29, 0.717) is 0 Å². The minimum atomic E-state index is 0.798. The summed E-state index contributed by atoms with van der Waals surface area (Å²) in [6.07, 6.45) is 9.77. The van der Waals surface area contributed by atoms with Crippen molar-refractivity contribution >= 4 is 11.6 Å². The molecular formula is C12H22ClN3. The first kappa shape index (κ1) is 13.5. The van der Waals surface area contributed by atoms with Gasteiger partial charge >= 0.3 is 0 Å². The van der Waals surface area contributed by atoms with Gasteiger partial charge in [-0.15, -0.1) is 11.6 Å². The van der Waals surface area contributed by atoms with Gasteiger partial charge in [0.2, 0.25) is 0 Å². The molecule has 0 unspecified atom stereocenters. The summed E-state index contributed by atoms with van der Waals surface area (Å²) in [6, 6.07) is 0. The summed E-state index contributed by atoms with van der Waals surface area (Å²) in [5, 5.41) is 3.44. The van der Waals surface area contributed by atoms with Crippen molar-refractivity contribution in [2.45, 2.75) is 32.1 Å². The van der Waals surface area contributed by atoms with Crippen molar-refractivity contribution in [2.24, 2.45) is 7.05 Å². The monoisotopic (exact) mass is 243 g/mol. The number of nitrogens with one attached hydrogen (secondary N) is 1. The zero-order chi connectivity index (χ0) is 11.6. The van der Waals surface area contributed by atoms with Crippen molar-refractivity contribution in [3.8, 4) is 0 Å². The molecule has 1 aromatic rings. The van der Waals surface area contributed by atoms with E-state index in [1.54, 1.807) is 0 Å². The smallest absolute Gasteiger partial charge is 0.109 e. The highest BCUT2D eigenvalue weighted by atomic mass is 35.5. The van der Waals surface area contributed by atoms with E-state index in [2.05, 4.69) is 14.9 Å². The lowest BCUT2D eigenvalue weighted by Crippen LogP contribution is -2.19. The van der Waals surface area contributed by atoms with Gasteiger partial charge in [-0.2, -0.15) is 0 Å². The molecule has 1 N–H and O–H groups in total. The van der Waals surface area contributed by atoms with Crippen molar-refractivity contribution < 1.29 is 0 Å². The largest absolute Gasteiger partial charge is 0.338 e. The maximum absolute atomic E-state index is 5.61. The molecule has 0 aliphatic rings. The Hall–Kier alpha value is -0.540. The molecule has 16 heavy (non-hydrogen) atoms. The fourth-order valence-electron chi connectivity index (χ4n) is 1.66. The van der Waals surface area contributed by atoms with Crippen molar-refractivity contribution in [3.05, 3.63) is 18.2 Å². The summed E-state index contributed by atoms with van der Waals surface area (Å²) < 4.78 is 2.07. The summed E-state index contributed by atoms with van der Waals surface area (Å²) >= 11 is 5.61. The van der Waals surface area contributed by atoms with E-state index in [1.807, 2.05) is 19.4 Å². The molecule has 0 aromatic carbocycles. The second-order valence-corrected chi connectivity index (χ2v) is 4.44. The molecule has 0 radical (unpaired) electrons. The first-order chi connectivity index (χ1) is 7.84. The van der Waals surface area contributed by atoms with Crippen molar-refractivity contribution in [1.82, 2.24) is 14.9 Å². The second kappa shape index (κ2) is 8.59. The lowest BCUT2D eigenvalue weighted by Gasteiger charge is -2.04. The van der Waals surface area contributed by atoms with Crippen LogP contribution in [0.1, 0.15) is 31.5 Å². The predicted molar refractivity (Wildman–Crippen MR) is 69.0 cm³/mol. The summed E-state index contributed by atoms with van der Waals surface area (Å²) in [6.45, 7) is 2.12. The first-order valence-corrected chi connectivity index (χ1v) is 6.61. The molecule has 1 rings (SSSR count). The zero-order valence-electron chi connectivity index (χ0n) is 10.1. The Labute approximate surface area is 103 Å². The Balaban J connectivity index is 1.91. The lowest BCUT2D eigenvalue weighted by atomic mass is 10.2. The minimum absolute atomic E-state index is 0.798. The number of aromatic nitrogens is 2. The Bertz CT molecular complexity index is 273. The molecule has 0 bridgehead atoms. The second-order valence-electron chi connectivity index (χ2n) is 4.06. The van der Waals surface area contributed by atoms with Crippen LogP contribution in [0.15, 0.2) is 12.4 Å². The van der Waals surface area contributed by atoms with E-state index in [-0.39, 0.29) is 0 Å². The Morgan fingerprint density at radius 3 is 2.75 bits per heavy atom. The molecule has 92 valence electrons. The van der Waals surface area contributed by atoms with E-state index in [4.69, 9.17) is 11.6 Å². The van der Waals surface area contributed by atoms with Gasteiger partial charge in [0, 0.05) is 38.3 Å². The van der Waals surface area contributed by atoms with Crippen LogP contribution in [-0.2, 0) is 13.5 Å². The van der Waals surface area contributed by atoms with Crippen LogP contribution in [0.2, 0.25) is 0 Å². The summed E-state index contributed by atoms with van der Waals surface area (Å²) in [5.74, 6) is 1.95. The van der Waals surface area contributed by atoms with E-state index in [0.717, 1.165) is 37.6 Å². The summed E-state index contributed by atoms with van der Waals surface area (Å²) in [7, 11) is 2.04. The average Bonchev–Trinajstić information content (AvgIpc) is 2.68. The van der Waals surface area contributed by atoms with E-state index < -0.39 is 0 Å². The van der Waals surface area contributed by atoms with Crippen LogP contribution in [0.25, 0.3) is 0 Å². The lowest BCUT2D eigenvalue weighted by molar-refractivity contribution is 0.590. The molecule has 4 heteroatoms. The van der Waals surface area contributed by atoms with Crippen LogP contribution in [-0.4, -0.2) is 28.5 Å². The van der Waals surface area contributed by atoms with Gasteiger partial charge in [-0.3, -0.25) is 0 Å². The summed E-state index contributed by atoms with van der Waals surface area (Å²) in [4.78, 5) is 4.28. The molecule has 0 atom stereocenters. The number of aryl methyl sites for hydroxylation is 1. The number of hydrogen-bond donors (Lipinski definition) is 1. The number of alkyl halides is 1. The van der Waals surface area contributed by atoms with Crippen molar-refractivity contribution in [1.29, 1.82) is 0 Å². The average molecular weight is 244 g/mol. The summed E-state index contributed by atoms with van der Waals surface area (Å²) in [5.41, 5.74) is 0. The highest BCUT2D eigenvalue weighted by Crippen LogP contribution is 2.00. The van der Waals surface area contributed by atoms with Gasteiger partial charge in [0.15, 0.2) is 0 Å². The molecule has 0 aliphatic carbocycles. The first-order valence-electron chi connectivity index (χ1n) is 6.07. The van der Waals surface area contributed by atoms with Gasteiger partial charge in [0.1, 0.15) is 5.82 Å². The number of rotatable bonds is 9. The molecule has 0 fully saturated rings. The molecule has 0 saturated heterocycles. The van der Waals surface area contributed by atoms with Gasteiger partial charge in [0.25, 0.3) is 0 Å². The fraction of sp³-hybridized carbons (Fsp3) is 0.750. The standard InChI is InChI=1S/C12H22ClN3/c1-16-11-10-15-12(16)6-9-14-8-5-3-2-4-7-13/h10-11,14H,2-9H2,1H3. The predicted octanol–water partition coefficient (Wildman–Crippen LogP) is 2.35. The molecule has 3 nitrogen and oxygen atoms in total. The molecule has 0 aliphatic heterocycles. The topological polar surface area (TPSA) is 29.9 Å². The van der Waals surface area contributed by atoms with Crippen LogP contribution >= 0.6 is 11.6 Å². The third-order valence-corrected chi connectivity index (χ3v) is 2.95. The quantitative estimate of drug-likeness (QED) is 0.533. The Morgan fingerprint density at radius 1 is 1.25 bits per heavy atom. The highest BCUT2D eigenvalue weighted by molar-refractivity contribution is 6.17. The van der Waals surface area contributed by atoms with Crippen LogP contribution in [0.5, 0.6) is 0 Å². The van der Waals surface area contributed by atoms with Gasteiger partial charge in [0.05, 0.1) is 0 Å². The maximum Gasteiger partial charge on any atom is 0.109 e. The van der Waals surface area contributed by atoms with Gasteiger partial charge < -0.3 is 9.88 Å². The third kappa shape index (κ3) is 5.52. The number of halogens is 1. The van der Waals surface area contributed by atoms with Gasteiger partial charge in [-0.05, 0) is 19.4 Å². The van der Waals surface area contributed by atoms with Gasteiger partial charge in [-0.1, -0.05) is 12.8 Å². The Morgan fingerprint density at radius 2 is 2.06 bits per heavy atom. The van der Waals surface area contributed by atoms with Crippen LogP contribution in [0.3, 0.4) is 0 Å². The molecule has 0 saturated carbocycles. The van der Waals surface area contributed by atoms with E-state index in [1.165, 1.54) is 19.3 Å². The van der Waals surface area contributed by atoms with E-state index in [9.17, 15) is 0 Å². The number of imidazole rings is 1. The zero-order valence-corrected chi connectivity index (χ0v) is 10.8. The van der Waals surface area contributed by atoms with Gasteiger partial charge in [-0.25, -0.2) is 4.98 Å². The van der Waals surface area contributed by atoms with Crippen LogP contribution in [0, 0.1) is 0 Å². The molecule has 0 amide bonds. The number of hydrogen-bond acceptors (Lipinski definition) is 2. The number of nitrogens with zero attached hydrogens (tertiary/aromatic N) is 2. The molecule has 1 aromatic heterocycles. The minimum Gasteiger partial charge on any atom is -0.338 e. The molecular weight excluding hydrogens is 222 g/mol. The normalized spacial score (nSPS) is 10.9. The van der Waals surface area contributed by atoms with E-state index >= 15 is 0 Å². The van der Waals surface area contributed by atoms with Crippen LogP contribution < -0.4 is 5.32 Å². The molecule has 1 heterocycles. The number of unbranched alkanes of at least 4 members (excludes halogenated alkanes) is 3. The van der Waals surface area contributed by atoms with Crippen molar-refractivity contribution in [3.63, 3.8) is 0 Å². The molecule has 0 spiro atoms. The Kier molecular flexibility index (Phi) is 7.26. The fourth-order valence-corrected chi connectivity index (χ4v) is 1.85. The highest BCUT2D eigenvalue weighted by Gasteiger charge is 1.97. The SMILES string of the molecule is Cn1ccnc1CCNCCCCCCCl. The maximum atomic E-state index is 5.61. The van der Waals surface area contributed by atoms with Crippen molar-refractivity contribution in [2.75, 3.05) is 19.0 Å². The third-order valence-electron chi connectivity index (χ3n) is 2.68. The van der Waals surface area contributed by atoms with Crippen LogP contribution in [0.4, 0.5) is 0 Å².